The Balaban J connectivity index is 2.10. The van der Waals surface area contributed by atoms with Crippen molar-refractivity contribution in [3.8, 4) is 5.75 Å². The van der Waals surface area contributed by atoms with E-state index in [-0.39, 0.29) is 25.0 Å². The molecule has 5 heteroatoms. The van der Waals surface area contributed by atoms with Gasteiger partial charge in [-0.1, -0.05) is 6.92 Å². The number of amides is 1. The number of benzene rings is 1. The van der Waals surface area contributed by atoms with Gasteiger partial charge in [0.05, 0.1) is 5.69 Å². The molecule has 0 fully saturated rings. The third-order valence-corrected chi connectivity index (χ3v) is 3.48. The number of rotatable bonds is 5. The Hall–Kier alpha value is -1.75. The minimum Gasteiger partial charge on any atom is -0.482 e. The predicted octanol–water partition coefficient (Wildman–Crippen LogP) is 1.47. The number of nitrogens with one attached hydrogen (secondary N) is 1. The maximum Gasteiger partial charge on any atom is 0.264 e. The summed E-state index contributed by atoms with van der Waals surface area (Å²) >= 11 is 0. The van der Waals surface area contributed by atoms with Crippen LogP contribution in [0.1, 0.15) is 13.3 Å². The Morgan fingerprint density at radius 1 is 1.53 bits per heavy atom. The van der Waals surface area contributed by atoms with E-state index in [1.807, 2.05) is 18.2 Å². The maximum absolute atomic E-state index is 11.6. The summed E-state index contributed by atoms with van der Waals surface area (Å²) in [5, 5.41) is 12.4. The first-order valence-corrected chi connectivity index (χ1v) is 6.53. The minimum atomic E-state index is -0.0496. The highest BCUT2D eigenvalue weighted by Crippen LogP contribution is 2.33. The van der Waals surface area contributed by atoms with Gasteiger partial charge in [-0.3, -0.25) is 4.79 Å². The highest BCUT2D eigenvalue weighted by Gasteiger charge is 2.22. The molecular formula is C14H20N2O3. The molecule has 2 N–H and O–H groups in total. The molecule has 0 radical (unpaired) electrons. The molecule has 0 spiro atoms. The lowest BCUT2D eigenvalue weighted by atomic mass is 10.1. The lowest BCUT2D eigenvalue weighted by Gasteiger charge is -2.26. The Kier molecular flexibility index (Phi) is 4.27. The number of nitrogens with zero attached hydrogens (tertiary/aromatic N) is 1. The number of aliphatic hydroxyl groups excluding tert-OH is 1. The van der Waals surface area contributed by atoms with Crippen LogP contribution in [-0.2, 0) is 4.79 Å². The van der Waals surface area contributed by atoms with Gasteiger partial charge in [-0.2, -0.15) is 0 Å². The average molecular weight is 264 g/mol. The van der Waals surface area contributed by atoms with Gasteiger partial charge in [0, 0.05) is 25.9 Å². The zero-order valence-corrected chi connectivity index (χ0v) is 11.3. The Morgan fingerprint density at radius 2 is 2.32 bits per heavy atom. The van der Waals surface area contributed by atoms with Crippen molar-refractivity contribution in [1.82, 2.24) is 0 Å². The van der Waals surface area contributed by atoms with Crippen LogP contribution in [0.4, 0.5) is 11.4 Å². The van der Waals surface area contributed by atoms with Gasteiger partial charge in [0.1, 0.15) is 5.75 Å². The molecular weight excluding hydrogens is 244 g/mol. The van der Waals surface area contributed by atoms with Gasteiger partial charge in [0.15, 0.2) is 6.61 Å². The van der Waals surface area contributed by atoms with Gasteiger partial charge in [0.25, 0.3) is 5.91 Å². The standard InChI is InChI=1S/C14H20N2O3/c1-3-10(8-17)7-15-11-4-5-13-12(6-11)16(2)14(18)9-19-13/h4-6,10,15,17H,3,7-9H2,1-2H3. The Bertz CT molecular complexity index is 458. The van der Waals surface area contributed by atoms with Crippen molar-refractivity contribution in [1.29, 1.82) is 0 Å². The minimum absolute atomic E-state index is 0.0496. The number of carbonyl (C=O) groups excluding carboxylic acids is 1. The summed E-state index contributed by atoms with van der Waals surface area (Å²) in [6.07, 6.45) is 0.927. The van der Waals surface area contributed by atoms with Crippen LogP contribution in [0.25, 0.3) is 0 Å². The number of hydrogen-bond donors (Lipinski definition) is 2. The van der Waals surface area contributed by atoms with E-state index in [2.05, 4.69) is 12.2 Å². The van der Waals surface area contributed by atoms with Crippen molar-refractivity contribution in [2.24, 2.45) is 5.92 Å². The predicted molar refractivity (Wildman–Crippen MR) is 74.7 cm³/mol. The largest absolute Gasteiger partial charge is 0.482 e. The van der Waals surface area contributed by atoms with Crippen LogP contribution in [0.5, 0.6) is 5.75 Å². The molecule has 0 aromatic heterocycles. The second kappa shape index (κ2) is 5.93. The number of hydrogen-bond acceptors (Lipinski definition) is 4. The fourth-order valence-corrected chi connectivity index (χ4v) is 1.98. The maximum atomic E-state index is 11.6. The molecule has 0 saturated carbocycles. The first-order valence-electron chi connectivity index (χ1n) is 6.53. The van der Waals surface area contributed by atoms with Crippen molar-refractivity contribution in [2.45, 2.75) is 13.3 Å². The molecule has 19 heavy (non-hydrogen) atoms. The van der Waals surface area contributed by atoms with Crippen molar-refractivity contribution in [2.75, 3.05) is 37.0 Å². The van der Waals surface area contributed by atoms with E-state index in [1.54, 1.807) is 11.9 Å². The van der Waals surface area contributed by atoms with Crippen molar-refractivity contribution in [3.63, 3.8) is 0 Å². The summed E-state index contributed by atoms with van der Waals surface area (Å²) in [4.78, 5) is 13.2. The topological polar surface area (TPSA) is 61.8 Å². The molecule has 0 bridgehead atoms. The molecule has 1 unspecified atom stereocenters. The highest BCUT2D eigenvalue weighted by molar-refractivity contribution is 5.97. The van der Waals surface area contributed by atoms with E-state index in [0.29, 0.717) is 6.54 Å². The fraction of sp³-hybridized carbons (Fsp3) is 0.500. The lowest BCUT2D eigenvalue weighted by molar-refractivity contribution is -0.120. The van der Waals surface area contributed by atoms with E-state index < -0.39 is 0 Å². The van der Waals surface area contributed by atoms with Gasteiger partial charge < -0.3 is 20.1 Å². The molecule has 1 aliphatic heterocycles. The molecule has 1 heterocycles. The van der Waals surface area contributed by atoms with Gasteiger partial charge >= 0.3 is 0 Å². The molecule has 0 aliphatic carbocycles. The summed E-state index contributed by atoms with van der Waals surface area (Å²) in [5.41, 5.74) is 1.70. The van der Waals surface area contributed by atoms with Crippen LogP contribution in [0, 0.1) is 5.92 Å². The highest BCUT2D eigenvalue weighted by atomic mass is 16.5. The molecule has 0 saturated heterocycles. The summed E-state index contributed by atoms with van der Waals surface area (Å²) in [5.74, 6) is 0.917. The quantitative estimate of drug-likeness (QED) is 0.845. The van der Waals surface area contributed by atoms with Crippen molar-refractivity contribution in [3.05, 3.63) is 18.2 Å². The summed E-state index contributed by atoms with van der Waals surface area (Å²) in [6.45, 7) is 3.04. The third kappa shape index (κ3) is 2.98. The summed E-state index contributed by atoms with van der Waals surface area (Å²) in [7, 11) is 1.75. The van der Waals surface area contributed by atoms with Gasteiger partial charge in [0.2, 0.25) is 0 Å². The van der Waals surface area contributed by atoms with Crippen molar-refractivity contribution < 1.29 is 14.6 Å². The molecule has 1 atom stereocenters. The van der Waals surface area contributed by atoms with Crippen LogP contribution >= 0.6 is 0 Å². The van der Waals surface area contributed by atoms with Crippen LogP contribution in [0.3, 0.4) is 0 Å². The van der Waals surface area contributed by atoms with Gasteiger partial charge in [-0.25, -0.2) is 0 Å². The van der Waals surface area contributed by atoms with Crippen LogP contribution in [0.2, 0.25) is 0 Å². The van der Waals surface area contributed by atoms with Gasteiger partial charge in [-0.05, 0) is 30.5 Å². The van der Waals surface area contributed by atoms with Crippen LogP contribution in [0.15, 0.2) is 18.2 Å². The third-order valence-electron chi connectivity index (χ3n) is 3.48. The van der Waals surface area contributed by atoms with E-state index >= 15 is 0 Å². The number of fused-ring (bicyclic) bond motifs is 1. The number of anilines is 2. The van der Waals surface area contributed by atoms with Gasteiger partial charge in [-0.15, -0.1) is 0 Å². The molecule has 1 aromatic carbocycles. The smallest absolute Gasteiger partial charge is 0.264 e. The zero-order valence-electron chi connectivity index (χ0n) is 11.3. The summed E-state index contributed by atoms with van der Waals surface area (Å²) < 4.78 is 5.37. The molecule has 1 aliphatic rings. The number of aliphatic hydroxyl groups is 1. The van der Waals surface area contributed by atoms with Crippen LogP contribution in [-0.4, -0.2) is 37.8 Å². The molecule has 1 amide bonds. The van der Waals surface area contributed by atoms with E-state index in [1.165, 1.54) is 0 Å². The fourth-order valence-electron chi connectivity index (χ4n) is 1.98. The van der Waals surface area contributed by atoms with E-state index in [9.17, 15) is 4.79 Å². The lowest BCUT2D eigenvalue weighted by Crippen LogP contribution is -2.35. The Morgan fingerprint density at radius 3 is 3.00 bits per heavy atom. The number of carbonyl (C=O) groups is 1. The second-order valence-corrected chi connectivity index (χ2v) is 4.76. The Labute approximate surface area is 113 Å². The second-order valence-electron chi connectivity index (χ2n) is 4.76. The van der Waals surface area contributed by atoms with Crippen molar-refractivity contribution >= 4 is 17.3 Å². The van der Waals surface area contributed by atoms with E-state index in [0.717, 1.165) is 23.5 Å². The number of ether oxygens (including phenoxy) is 1. The van der Waals surface area contributed by atoms with Crippen LogP contribution < -0.4 is 15.0 Å². The average Bonchev–Trinajstić information content (AvgIpc) is 2.44. The number of likely N-dealkylation sites (N-methyl/N-ethyl adjacent to an activating group) is 1. The molecule has 104 valence electrons. The SMILES string of the molecule is CCC(CO)CNc1ccc2c(c1)N(C)C(=O)CO2. The normalized spacial score (nSPS) is 15.7. The van der Waals surface area contributed by atoms with E-state index in [4.69, 9.17) is 9.84 Å². The molecule has 2 rings (SSSR count). The summed E-state index contributed by atoms with van der Waals surface area (Å²) in [6, 6.07) is 5.68. The molecule has 5 nitrogen and oxygen atoms in total. The zero-order chi connectivity index (χ0) is 13.8. The monoisotopic (exact) mass is 264 g/mol. The first kappa shape index (κ1) is 13.7. The molecule has 1 aromatic rings. The first-order chi connectivity index (χ1) is 9.15.